The van der Waals surface area contributed by atoms with Crippen LogP contribution in [0.1, 0.15) is 19.4 Å². The average molecular weight is 384 g/mol. The van der Waals surface area contributed by atoms with Gasteiger partial charge >= 0.3 is 6.29 Å². The number of benzene rings is 2. The Labute approximate surface area is 160 Å². The summed E-state index contributed by atoms with van der Waals surface area (Å²) in [5, 5.41) is 2.87. The zero-order chi connectivity index (χ0) is 20.1. The van der Waals surface area contributed by atoms with E-state index >= 15 is 0 Å². The second kappa shape index (κ2) is 6.44. The van der Waals surface area contributed by atoms with Gasteiger partial charge in [0.15, 0.2) is 11.5 Å². The van der Waals surface area contributed by atoms with Crippen molar-refractivity contribution in [3.8, 4) is 22.6 Å². The molecule has 0 atom stereocenters. The van der Waals surface area contributed by atoms with Crippen LogP contribution in [-0.4, -0.2) is 24.5 Å². The first-order chi connectivity index (χ1) is 13.2. The van der Waals surface area contributed by atoms with Crippen molar-refractivity contribution < 1.29 is 23.0 Å². The number of hydrogen-bond donors (Lipinski definition) is 1. The number of rotatable bonds is 3. The number of hydrogen-bond acceptors (Lipinski definition) is 4. The molecule has 2 heterocycles. The molecular weight excluding hydrogens is 366 g/mol. The number of carbonyl (C=O) groups excluding carboxylic acids is 1. The Bertz CT molecular complexity index is 1040. The summed E-state index contributed by atoms with van der Waals surface area (Å²) in [5.41, 5.74) is 5.27. The van der Waals surface area contributed by atoms with E-state index in [1.54, 1.807) is 12.1 Å². The summed E-state index contributed by atoms with van der Waals surface area (Å²) in [6.45, 7) is 6.07. The van der Waals surface area contributed by atoms with Crippen LogP contribution < -0.4 is 14.8 Å². The van der Waals surface area contributed by atoms with Crippen LogP contribution in [0.25, 0.3) is 11.1 Å². The molecule has 4 rings (SSSR count). The minimum Gasteiger partial charge on any atom is -0.395 e. The number of alkyl halides is 2. The number of carbonyl (C=O) groups is 1. The third-order valence-corrected chi connectivity index (χ3v) is 4.77. The number of aliphatic imine (C=N–C) groups is 1. The molecule has 7 heteroatoms. The molecule has 0 unspecified atom stereocenters. The Kier molecular flexibility index (Phi) is 4.18. The zero-order valence-electron chi connectivity index (χ0n) is 15.6. The molecular formula is C21H18F2N2O3. The van der Waals surface area contributed by atoms with Gasteiger partial charge in [-0.25, -0.2) is 0 Å². The minimum absolute atomic E-state index is 0.00128. The molecule has 0 bridgehead atoms. The van der Waals surface area contributed by atoms with Crippen LogP contribution in [0.4, 0.5) is 14.5 Å². The molecule has 0 saturated carbocycles. The maximum absolute atomic E-state index is 13.3. The van der Waals surface area contributed by atoms with Crippen molar-refractivity contribution in [3.63, 3.8) is 0 Å². The van der Waals surface area contributed by atoms with Crippen LogP contribution in [0.2, 0.25) is 0 Å². The van der Waals surface area contributed by atoms with Gasteiger partial charge < -0.3 is 14.8 Å². The number of fused-ring (bicyclic) bond motifs is 1. The second-order valence-electron chi connectivity index (χ2n) is 6.87. The van der Waals surface area contributed by atoms with Crippen LogP contribution in [0.15, 0.2) is 52.5 Å². The summed E-state index contributed by atoms with van der Waals surface area (Å²) in [6.07, 6.45) is -3.64. The third-order valence-electron chi connectivity index (χ3n) is 4.77. The molecule has 0 aromatic heterocycles. The van der Waals surface area contributed by atoms with Crippen molar-refractivity contribution >= 4 is 17.3 Å². The smallest absolute Gasteiger partial charge is 0.395 e. The third kappa shape index (κ3) is 3.24. The number of nitrogens with zero attached hydrogens (tertiary/aromatic N) is 1. The van der Waals surface area contributed by atoms with Crippen LogP contribution in [0.3, 0.4) is 0 Å². The maximum Gasteiger partial charge on any atom is 0.586 e. The molecule has 2 aromatic carbocycles. The first-order valence-corrected chi connectivity index (χ1v) is 8.77. The highest BCUT2D eigenvalue weighted by atomic mass is 19.3. The first kappa shape index (κ1) is 18.2. The summed E-state index contributed by atoms with van der Waals surface area (Å²) in [7, 11) is 0. The zero-order valence-corrected chi connectivity index (χ0v) is 15.6. The van der Waals surface area contributed by atoms with Crippen molar-refractivity contribution in [2.24, 2.45) is 4.99 Å². The van der Waals surface area contributed by atoms with Crippen LogP contribution in [0.5, 0.6) is 11.5 Å². The fourth-order valence-corrected chi connectivity index (χ4v) is 3.40. The molecule has 1 N–H and O–H groups in total. The van der Waals surface area contributed by atoms with E-state index in [9.17, 15) is 13.6 Å². The summed E-state index contributed by atoms with van der Waals surface area (Å²) < 4.78 is 35.5. The number of nitrogens with one attached hydrogen (secondary N) is 1. The van der Waals surface area contributed by atoms with E-state index in [2.05, 4.69) is 19.8 Å². The van der Waals surface area contributed by atoms with Gasteiger partial charge in [-0.1, -0.05) is 12.1 Å². The van der Waals surface area contributed by atoms with Gasteiger partial charge in [-0.15, -0.1) is 8.78 Å². The summed E-state index contributed by atoms with van der Waals surface area (Å²) in [6, 6.07) is 10.2. The lowest BCUT2D eigenvalue weighted by atomic mass is 9.99. The first-order valence-electron chi connectivity index (χ1n) is 8.77. The Hall–Kier alpha value is -3.22. The van der Waals surface area contributed by atoms with E-state index in [4.69, 9.17) is 0 Å². The lowest BCUT2D eigenvalue weighted by Crippen LogP contribution is -2.25. The summed E-state index contributed by atoms with van der Waals surface area (Å²) in [5.74, 6) is -0.167. The number of ether oxygens (including phenoxy) is 2. The van der Waals surface area contributed by atoms with Gasteiger partial charge in [0, 0.05) is 11.4 Å². The molecule has 0 saturated heterocycles. The second-order valence-corrected chi connectivity index (χ2v) is 6.87. The van der Waals surface area contributed by atoms with Gasteiger partial charge in [0.2, 0.25) is 0 Å². The highest BCUT2D eigenvalue weighted by Gasteiger charge is 2.43. The van der Waals surface area contributed by atoms with E-state index in [1.807, 2.05) is 32.9 Å². The van der Waals surface area contributed by atoms with Crippen LogP contribution in [0, 0.1) is 6.92 Å². The van der Waals surface area contributed by atoms with E-state index in [-0.39, 0.29) is 17.4 Å². The lowest BCUT2D eigenvalue weighted by molar-refractivity contribution is -0.286. The largest absolute Gasteiger partial charge is 0.586 e. The highest BCUT2D eigenvalue weighted by Crippen LogP contribution is 2.44. The number of anilines is 1. The number of amides is 1. The van der Waals surface area contributed by atoms with E-state index in [0.29, 0.717) is 17.8 Å². The van der Waals surface area contributed by atoms with E-state index in [0.717, 1.165) is 28.0 Å². The van der Waals surface area contributed by atoms with Gasteiger partial charge in [-0.3, -0.25) is 9.79 Å². The van der Waals surface area contributed by atoms with Crippen molar-refractivity contribution in [3.05, 3.63) is 53.1 Å². The molecule has 2 aromatic rings. The van der Waals surface area contributed by atoms with Crippen LogP contribution in [-0.2, 0) is 4.79 Å². The monoisotopic (exact) mass is 384 g/mol. The van der Waals surface area contributed by atoms with E-state index < -0.39 is 6.29 Å². The summed E-state index contributed by atoms with van der Waals surface area (Å²) in [4.78, 5) is 16.8. The molecule has 0 radical (unpaired) electrons. The molecule has 0 spiro atoms. The fraction of sp³-hybridized carbons (Fsp3) is 0.238. The standard InChI is InChI=1S/C21H18F2N2O3/c1-11-8-17-18(28-21(22,23)27-17)9-16(11)14-4-6-15(7-5-14)25-20(26)19-12(2)10-24-13(19)3/h4-9H,10H2,1-3H3,(H,25,26). The highest BCUT2D eigenvalue weighted by molar-refractivity contribution is 6.26. The normalized spacial score (nSPS) is 17.0. The average Bonchev–Trinajstić information content (AvgIpc) is 3.11. The Balaban J connectivity index is 1.56. The van der Waals surface area contributed by atoms with Crippen molar-refractivity contribution in [2.75, 3.05) is 11.9 Å². The Morgan fingerprint density at radius 3 is 2.32 bits per heavy atom. The predicted molar refractivity (Wildman–Crippen MR) is 102 cm³/mol. The molecule has 2 aliphatic rings. The van der Waals surface area contributed by atoms with E-state index in [1.165, 1.54) is 12.1 Å². The van der Waals surface area contributed by atoms with Gasteiger partial charge in [0.1, 0.15) is 0 Å². The molecule has 144 valence electrons. The molecule has 0 fully saturated rings. The van der Waals surface area contributed by atoms with Crippen molar-refractivity contribution in [1.29, 1.82) is 0 Å². The topological polar surface area (TPSA) is 59.9 Å². The fourth-order valence-electron chi connectivity index (χ4n) is 3.40. The molecule has 28 heavy (non-hydrogen) atoms. The molecule has 1 amide bonds. The molecule has 5 nitrogen and oxygen atoms in total. The van der Waals surface area contributed by atoms with Gasteiger partial charge in [-0.2, -0.15) is 0 Å². The lowest BCUT2D eigenvalue weighted by Gasteiger charge is -2.10. The SMILES string of the molecule is CC1=NCC(C)=C1C(=O)Nc1ccc(-c2cc3c(cc2C)OC(F)(F)O3)cc1. The number of halogens is 2. The number of aryl methyl sites for hydroxylation is 1. The maximum atomic E-state index is 13.3. The van der Waals surface area contributed by atoms with Crippen molar-refractivity contribution in [2.45, 2.75) is 27.1 Å². The summed E-state index contributed by atoms with van der Waals surface area (Å²) >= 11 is 0. The Morgan fingerprint density at radius 2 is 1.71 bits per heavy atom. The predicted octanol–water partition coefficient (Wildman–Crippen LogP) is 4.71. The van der Waals surface area contributed by atoms with Gasteiger partial charge in [-0.05, 0) is 67.3 Å². The Morgan fingerprint density at radius 1 is 1.07 bits per heavy atom. The minimum atomic E-state index is -3.64. The molecule has 0 aliphatic carbocycles. The van der Waals surface area contributed by atoms with Crippen molar-refractivity contribution in [1.82, 2.24) is 0 Å². The quantitative estimate of drug-likeness (QED) is 0.834. The molecule has 2 aliphatic heterocycles. The van der Waals surface area contributed by atoms with Gasteiger partial charge in [0.05, 0.1) is 12.1 Å². The van der Waals surface area contributed by atoms with Crippen LogP contribution >= 0.6 is 0 Å². The van der Waals surface area contributed by atoms with Gasteiger partial charge in [0.25, 0.3) is 5.91 Å².